The molecule has 9 heteroatoms. The van der Waals surface area contributed by atoms with Crippen molar-refractivity contribution in [2.24, 2.45) is 0 Å². The van der Waals surface area contributed by atoms with E-state index in [-0.39, 0.29) is 16.4 Å². The number of hydrogen-bond acceptors (Lipinski definition) is 7. The summed E-state index contributed by atoms with van der Waals surface area (Å²) in [4.78, 5) is 24.4. The maximum absolute atomic E-state index is 12.3. The van der Waals surface area contributed by atoms with Crippen LogP contribution in [0.3, 0.4) is 0 Å². The molecule has 1 aliphatic rings. The zero-order valence-corrected chi connectivity index (χ0v) is 15.0. The molecule has 1 aromatic heterocycles. The number of nitrogens with one attached hydrogen (secondary N) is 1. The molecule has 1 amide bonds. The zero-order chi connectivity index (χ0) is 18.7. The average Bonchev–Trinajstić information content (AvgIpc) is 2.86. The van der Waals surface area contributed by atoms with Crippen LogP contribution in [-0.4, -0.2) is 36.4 Å². The molecule has 26 heavy (non-hydrogen) atoms. The molecule has 1 atom stereocenters. The number of aromatic nitrogens is 1. The third kappa shape index (κ3) is 4.08. The molecule has 138 valence electrons. The second-order valence-electron chi connectivity index (χ2n) is 5.70. The summed E-state index contributed by atoms with van der Waals surface area (Å²) in [6, 6.07) is 4.46. The van der Waals surface area contributed by atoms with Gasteiger partial charge in [0, 0.05) is 12.5 Å². The van der Waals surface area contributed by atoms with Crippen LogP contribution >= 0.6 is 11.6 Å². The van der Waals surface area contributed by atoms with Gasteiger partial charge in [-0.15, -0.1) is 0 Å². The molecule has 0 radical (unpaired) electrons. The smallest absolute Gasteiger partial charge is 0.339 e. The first kappa shape index (κ1) is 18.1. The number of halogens is 1. The Balaban J connectivity index is 1.68. The van der Waals surface area contributed by atoms with E-state index in [1.807, 2.05) is 0 Å². The lowest BCUT2D eigenvalue weighted by molar-refractivity contribution is -0.123. The minimum atomic E-state index is -1.05. The van der Waals surface area contributed by atoms with E-state index in [1.165, 1.54) is 19.1 Å². The van der Waals surface area contributed by atoms with Crippen molar-refractivity contribution in [1.82, 2.24) is 5.16 Å². The van der Waals surface area contributed by atoms with Gasteiger partial charge in [-0.2, -0.15) is 0 Å². The molecule has 0 aliphatic carbocycles. The van der Waals surface area contributed by atoms with Gasteiger partial charge in [0.2, 0.25) is 0 Å². The van der Waals surface area contributed by atoms with Crippen molar-refractivity contribution in [3.05, 3.63) is 34.5 Å². The van der Waals surface area contributed by atoms with Crippen LogP contribution < -0.4 is 14.8 Å². The van der Waals surface area contributed by atoms with Gasteiger partial charge in [-0.1, -0.05) is 16.8 Å². The summed E-state index contributed by atoms with van der Waals surface area (Å²) >= 11 is 6.16. The summed E-state index contributed by atoms with van der Waals surface area (Å²) in [6.45, 7) is 4.08. The molecule has 2 aromatic rings. The van der Waals surface area contributed by atoms with Crippen LogP contribution in [0, 0.1) is 6.92 Å². The highest BCUT2D eigenvalue weighted by molar-refractivity contribution is 6.32. The van der Waals surface area contributed by atoms with Crippen LogP contribution in [0.2, 0.25) is 5.02 Å². The molecule has 1 aliphatic heterocycles. The Hall–Kier alpha value is -2.74. The van der Waals surface area contributed by atoms with E-state index < -0.39 is 18.0 Å². The van der Waals surface area contributed by atoms with Crippen LogP contribution in [0.25, 0.3) is 0 Å². The van der Waals surface area contributed by atoms with Gasteiger partial charge >= 0.3 is 5.97 Å². The van der Waals surface area contributed by atoms with Crippen molar-refractivity contribution in [3.63, 3.8) is 0 Å². The summed E-state index contributed by atoms with van der Waals surface area (Å²) in [5.74, 6) is 0.319. The lowest BCUT2D eigenvalue weighted by Crippen LogP contribution is -2.30. The lowest BCUT2D eigenvalue weighted by atomic mass is 10.2. The second-order valence-corrected chi connectivity index (χ2v) is 6.10. The number of carbonyl (C=O) groups is 2. The first-order valence-electron chi connectivity index (χ1n) is 7.98. The zero-order valence-electron chi connectivity index (χ0n) is 14.2. The van der Waals surface area contributed by atoms with Crippen LogP contribution in [0.1, 0.15) is 29.5 Å². The summed E-state index contributed by atoms with van der Waals surface area (Å²) in [6.07, 6.45) is -0.335. The number of amides is 1. The van der Waals surface area contributed by atoms with Gasteiger partial charge in [0.05, 0.1) is 23.8 Å². The van der Waals surface area contributed by atoms with E-state index in [0.717, 1.165) is 0 Å². The van der Waals surface area contributed by atoms with Gasteiger partial charge in [-0.05, 0) is 26.0 Å². The molecular weight excluding hydrogens is 364 g/mol. The van der Waals surface area contributed by atoms with E-state index in [9.17, 15) is 9.59 Å². The number of anilines is 1. The van der Waals surface area contributed by atoms with E-state index >= 15 is 0 Å². The third-order valence-corrected chi connectivity index (χ3v) is 3.85. The number of ether oxygens (including phenoxy) is 3. The number of hydrogen-bond donors (Lipinski definition) is 1. The number of fused-ring (bicyclic) bond motifs is 1. The largest absolute Gasteiger partial charge is 0.489 e. The molecule has 1 N–H and O–H groups in total. The molecule has 2 heterocycles. The Labute approximate surface area is 154 Å². The average molecular weight is 381 g/mol. The molecule has 8 nitrogen and oxygen atoms in total. The van der Waals surface area contributed by atoms with Crippen LogP contribution in [0.5, 0.6) is 11.5 Å². The van der Waals surface area contributed by atoms with Gasteiger partial charge in [-0.25, -0.2) is 4.79 Å². The Morgan fingerprint density at radius 2 is 2.04 bits per heavy atom. The van der Waals surface area contributed by atoms with Crippen molar-refractivity contribution >= 4 is 29.3 Å². The fourth-order valence-corrected chi connectivity index (χ4v) is 2.55. The monoisotopic (exact) mass is 380 g/mol. The number of rotatable bonds is 4. The van der Waals surface area contributed by atoms with E-state index in [2.05, 4.69) is 10.5 Å². The number of benzene rings is 1. The fourth-order valence-electron chi connectivity index (χ4n) is 2.28. The normalized spacial score (nSPS) is 14.3. The molecule has 0 bridgehead atoms. The summed E-state index contributed by atoms with van der Waals surface area (Å²) in [5.41, 5.74) is 0.163. The Kier molecular flexibility index (Phi) is 5.32. The highest BCUT2D eigenvalue weighted by Crippen LogP contribution is 2.38. The van der Waals surface area contributed by atoms with Gasteiger partial charge in [0.1, 0.15) is 5.76 Å². The number of esters is 1. The van der Waals surface area contributed by atoms with Crippen molar-refractivity contribution < 1.29 is 28.3 Å². The van der Waals surface area contributed by atoms with Crippen molar-refractivity contribution in [1.29, 1.82) is 0 Å². The summed E-state index contributed by atoms with van der Waals surface area (Å²) in [5, 5.41) is 6.39. The van der Waals surface area contributed by atoms with E-state index in [0.29, 0.717) is 36.9 Å². The summed E-state index contributed by atoms with van der Waals surface area (Å²) < 4.78 is 21.1. The van der Waals surface area contributed by atoms with Crippen LogP contribution in [-0.2, 0) is 9.53 Å². The SMILES string of the molecule is Cc1cc(NC(=O)C(C)OC(=O)c2cc(Cl)c3c(c2)OCCCO3)no1. The minimum Gasteiger partial charge on any atom is -0.489 e. The third-order valence-electron chi connectivity index (χ3n) is 3.57. The van der Waals surface area contributed by atoms with Crippen molar-refractivity contribution in [3.8, 4) is 11.5 Å². The number of carbonyl (C=O) groups excluding carboxylic acids is 2. The Morgan fingerprint density at radius 1 is 1.27 bits per heavy atom. The van der Waals surface area contributed by atoms with Gasteiger partial charge in [0.15, 0.2) is 23.4 Å². The van der Waals surface area contributed by atoms with E-state index in [1.54, 1.807) is 13.0 Å². The lowest BCUT2D eigenvalue weighted by Gasteiger charge is -2.14. The molecular formula is C17H17ClN2O6. The van der Waals surface area contributed by atoms with Crippen LogP contribution in [0.15, 0.2) is 22.7 Å². The highest BCUT2D eigenvalue weighted by atomic mass is 35.5. The second kappa shape index (κ2) is 7.65. The molecule has 1 unspecified atom stereocenters. The molecule has 0 saturated heterocycles. The predicted molar refractivity (Wildman–Crippen MR) is 91.8 cm³/mol. The first-order chi connectivity index (χ1) is 12.4. The molecule has 0 spiro atoms. The molecule has 0 saturated carbocycles. The first-order valence-corrected chi connectivity index (χ1v) is 8.36. The fraction of sp³-hybridized carbons (Fsp3) is 0.353. The predicted octanol–water partition coefficient (Wildman–Crippen LogP) is 2.98. The van der Waals surface area contributed by atoms with Gasteiger partial charge in [-0.3, -0.25) is 4.79 Å². The maximum atomic E-state index is 12.3. The topological polar surface area (TPSA) is 99.9 Å². The van der Waals surface area contributed by atoms with Gasteiger partial charge < -0.3 is 24.1 Å². The standard InChI is InChI=1S/C17H17ClN2O6/c1-9-6-14(20-26-9)19-16(21)10(2)25-17(22)11-7-12(18)15-13(8-11)23-4-3-5-24-15/h6-8,10H,3-5H2,1-2H3,(H,19,20,21). The van der Waals surface area contributed by atoms with Gasteiger partial charge in [0.25, 0.3) is 5.91 Å². The quantitative estimate of drug-likeness (QED) is 0.814. The summed E-state index contributed by atoms with van der Waals surface area (Å²) in [7, 11) is 0. The molecule has 0 fully saturated rings. The number of nitrogens with zero attached hydrogens (tertiary/aromatic N) is 1. The van der Waals surface area contributed by atoms with Crippen molar-refractivity contribution in [2.45, 2.75) is 26.4 Å². The highest BCUT2D eigenvalue weighted by Gasteiger charge is 2.23. The Morgan fingerprint density at radius 3 is 2.77 bits per heavy atom. The van der Waals surface area contributed by atoms with Crippen molar-refractivity contribution in [2.75, 3.05) is 18.5 Å². The molecule has 3 rings (SSSR count). The Bertz CT molecular complexity index is 835. The van der Waals surface area contributed by atoms with Crippen LogP contribution in [0.4, 0.5) is 5.82 Å². The minimum absolute atomic E-state index is 0.163. The number of aryl methyl sites for hydroxylation is 1. The maximum Gasteiger partial charge on any atom is 0.339 e. The van der Waals surface area contributed by atoms with E-state index in [4.69, 9.17) is 30.3 Å². The molecule has 1 aromatic carbocycles.